The Morgan fingerprint density at radius 1 is 1.33 bits per heavy atom. The van der Waals surface area contributed by atoms with Gasteiger partial charge in [0, 0.05) is 7.05 Å². The summed E-state index contributed by atoms with van der Waals surface area (Å²) < 4.78 is 5.00. The van der Waals surface area contributed by atoms with Crippen molar-refractivity contribution in [2.24, 2.45) is 0 Å². The molecule has 1 aliphatic heterocycles. The number of hydrogen-bond acceptors (Lipinski definition) is 3. The molecule has 0 radical (unpaired) electrons. The van der Waals surface area contributed by atoms with Crippen molar-refractivity contribution in [3.8, 4) is 0 Å². The summed E-state index contributed by atoms with van der Waals surface area (Å²) in [6.07, 6.45) is 0.111. The second kappa shape index (κ2) is 5.04. The Hall–Kier alpha value is -2.10. The molecule has 4 nitrogen and oxygen atoms in total. The summed E-state index contributed by atoms with van der Waals surface area (Å²) in [5.74, 6) is -0.494. The minimum absolute atomic E-state index is 0.0862. The molecule has 0 bridgehead atoms. The van der Waals surface area contributed by atoms with E-state index in [9.17, 15) is 9.59 Å². The van der Waals surface area contributed by atoms with Gasteiger partial charge in [-0.05, 0) is 12.5 Å². The number of carbonyl (C=O) groups is 2. The van der Waals surface area contributed by atoms with Gasteiger partial charge in [-0.25, -0.2) is 4.79 Å². The first-order valence-electron chi connectivity index (χ1n) is 5.87. The standard InChI is InChI=1S/C14H15NO3/c1-3-18-14(17)11-9-12(16)15(2)13(11)10-7-5-4-6-8-10/h4-8H,3,9H2,1-2H3. The lowest BCUT2D eigenvalue weighted by Gasteiger charge is -2.15. The molecule has 0 aliphatic carbocycles. The van der Waals surface area contributed by atoms with Crippen LogP contribution in [0.25, 0.3) is 5.70 Å². The van der Waals surface area contributed by atoms with Gasteiger partial charge >= 0.3 is 5.97 Å². The van der Waals surface area contributed by atoms with Crippen LogP contribution in [0.3, 0.4) is 0 Å². The van der Waals surface area contributed by atoms with E-state index in [1.54, 1.807) is 14.0 Å². The largest absolute Gasteiger partial charge is 0.463 e. The summed E-state index contributed by atoms with van der Waals surface area (Å²) in [5.41, 5.74) is 1.95. The van der Waals surface area contributed by atoms with Crippen LogP contribution in [0.2, 0.25) is 0 Å². The van der Waals surface area contributed by atoms with Crippen molar-refractivity contribution in [2.75, 3.05) is 13.7 Å². The smallest absolute Gasteiger partial charge is 0.336 e. The summed E-state index contributed by atoms with van der Waals surface area (Å²) in [5, 5.41) is 0. The Labute approximate surface area is 106 Å². The van der Waals surface area contributed by atoms with Crippen LogP contribution in [0.1, 0.15) is 18.9 Å². The lowest BCUT2D eigenvalue weighted by molar-refractivity contribution is -0.139. The van der Waals surface area contributed by atoms with E-state index < -0.39 is 5.97 Å². The van der Waals surface area contributed by atoms with Gasteiger partial charge in [0.2, 0.25) is 5.91 Å². The summed E-state index contributed by atoms with van der Waals surface area (Å²) in [7, 11) is 1.68. The molecule has 0 spiro atoms. The summed E-state index contributed by atoms with van der Waals surface area (Å²) in [6.45, 7) is 2.06. The minimum Gasteiger partial charge on any atom is -0.463 e. The van der Waals surface area contributed by atoms with Crippen LogP contribution in [0.5, 0.6) is 0 Å². The predicted octanol–water partition coefficient (Wildman–Crippen LogP) is 1.82. The third-order valence-corrected chi connectivity index (χ3v) is 2.89. The zero-order valence-corrected chi connectivity index (χ0v) is 10.5. The summed E-state index contributed by atoms with van der Waals surface area (Å²) in [6, 6.07) is 9.40. The van der Waals surface area contributed by atoms with Crippen molar-refractivity contribution in [2.45, 2.75) is 13.3 Å². The molecule has 1 aromatic carbocycles. The maximum atomic E-state index is 11.9. The van der Waals surface area contributed by atoms with E-state index in [4.69, 9.17) is 4.74 Å². The average Bonchev–Trinajstić information content (AvgIpc) is 2.67. The highest BCUT2D eigenvalue weighted by molar-refractivity contribution is 6.09. The number of nitrogens with zero attached hydrogens (tertiary/aromatic N) is 1. The molecular formula is C14H15NO3. The molecule has 94 valence electrons. The maximum absolute atomic E-state index is 11.9. The van der Waals surface area contributed by atoms with Crippen molar-refractivity contribution in [3.63, 3.8) is 0 Å². The molecule has 0 N–H and O–H groups in total. The Kier molecular flexibility index (Phi) is 3.46. The SMILES string of the molecule is CCOC(=O)C1=C(c2ccccc2)N(C)C(=O)C1. The van der Waals surface area contributed by atoms with Gasteiger partial charge in [-0.15, -0.1) is 0 Å². The Balaban J connectivity index is 2.45. The van der Waals surface area contributed by atoms with Crippen LogP contribution in [-0.2, 0) is 14.3 Å². The van der Waals surface area contributed by atoms with Crippen molar-refractivity contribution in [3.05, 3.63) is 41.5 Å². The fraction of sp³-hybridized carbons (Fsp3) is 0.286. The fourth-order valence-electron chi connectivity index (χ4n) is 2.03. The predicted molar refractivity (Wildman–Crippen MR) is 67.4 cm³/mol. The molecule has 1 heterocycles. The molecule has 1 aliphatic rings. The lowest BCUT2D eigenvalue weighted by Crippen LogP contribution is -2.18. The molecule has 0 fully saturated rings. The number of ether oxygens (including phenoxy) is 1. The molecule has 0 saturated carbocycles. The molecule has 0 atom stereocenters. The van der Waals surface area contributed by atoms with Crippen LogP contribution in [-0.4, -0.2) is 30.4 Å². The highest BCUT2D eigenvalue weighted by atomic mass is 16.5. The summed E-state index contributed by atoms with van der Waals surface area (Å²) in [4.78, 5) is 25.1. The average molecular weight is 245 g/mol. The molecule has 0 aromatic heterocycles. The van der Waals surface area contributed by atoms with Gasteiger partial charge < -0.3 is 9.64 Å². The number of amides is 1. The number of benzene rings is 1. The highest BCUT2D eigenvalue weighted by Crippen LogP contribution is 2.31. The van der Waals surface area contributed by atoms with E-state index in [0.29, 0.717) is 17.9 Å². The summed E-state index contributed by atoms with van der Waals surface area (Å²) >= 11 is 0. The van der Waals surface area contributed by atoms with E-state index in [0.717, 1.165) is 5.56 Å². The van der Waals surface area contributed by atoms with Crippen molar-refractivity contribution >= 4 is 17.6 Å². The first kappa shape index (κ1) is 12.4. The molecule has 4 heteroatoms. The highest BCUT2D eigenvalue weighted by Gasteiger charge is 2.32. The second-order valence-electron chi connectivity index (χ2n) is 4.04. The van der Waals surface area contributed by atoms with Crippen molar-refractivity contribution < 1.29 is 14.3 Å². The number of esters is 1. The van der Waals surface area contributed by atoms with Crippen molar-refractivity contribution in [1.29, 1.82) is 0 Å². The van der Waals surface area contributed by atoms with E-state index in [1.807, 2.05) is 30.3 Å². The monoisotopic (exact) mass is 245 g/mol. The molecular weight excluding hydrogens is 230 g/mol. The topological polar surface area (TPSA) is 46.6 Å². The number of carbonyl (C=O) groups excluding carboxylic acids is 2. The van der Waals surface area contributed by atoms with E-state index in [-0.39, 0.29) is 12.3 Å². The van der Waals surface area contributed by atoms with Gasteiger partial charge in [-0.1, -0.05) is 30.3 Å². The minimum atomic E-state index is -0.408. The van der Waals surface area contributed by atoms with Crippen LogP contribution in [0, 0.1) is 0 Å². The van der Waals surface area contributed by atoms with Crippen LogP contribution in [0.15, 0.2) is 35.9 Å². The Bertz CT molecular complexity index is 505. The second-order valence-corrected chi connectivity index (χ2v) is 4.04. The molecule has 1 aromatic rings. The van der Waals surface area contributed by atoms with Gasteiger partial charge in [0.25, 0.3) is 0 Å². The third-order valence-electron chi connectivity index (χ3n) is 2.89. The zero-order valence-electron chi connectivity index (χ0n) is 10.5. The van der Waals surface area contributed by atoms with Gasteiger partial charge in [0.1, 0.15) is 0 Å². The number of rotatable bonds is 3. The van der Waals surface area contributed by atoms with Gasteiger partial charge in [0.15, 0.2) is 0 Å². The fourth-order valence-corrected chi connectivity index (χ4v) is 2.03. The molecule has 18 heavy (non-hydrogen) atoms. The first-order chi connectivity index (χ1) is 8.65. The first-order valence-corrected chi connectivity index (χ1v) is 5.87. The van der Waals surface area contributed by atoms with Gasteiger partial charge in [-0.2, -0.15) is 0 Å². The maximum Gasteiger partial charge on any atom is 0.336 e. The molecule has 2 rings (SSSR count). The van der Waals surface area contributed by atoms with E-state index in [2.05, 4.69) is 0 Å². The van der Waals surface area contributed by atoms with Gasteiger partial charge in [0.05, 0.1) is 24.3 Å². The quantitative estimate of drug-likeness (QED) is 0.763. The van der Waals surface area contributed by atoms with Crippen LogP contribution >= 0.6 is 0 Å². The normalized spacial score (nSPS) is 15.2. The Morgan fingerprint density at radius 2 is 2.00 bits per heavy atom. The van der Waals surface area contributed by atoms with E-state index in [1.165, 1.54) is 4.90 Å². The number of hydrogen-bond donors (Lipinski definition) is 0. The zero-order chi connectivity index (χ0) is 13.1. The van der Waals surface area contributed by atoms with Crippen molar-refractivity contribution in [1.82, 2.24) is 4.90 Å². The van der Waals surface area contributed by atoms with E-state index >= 15 is 0 Å². The Morgan fingerprint density at radius 3 is 2.61 bits per heavy atom. The molecule has 0 unspecified atom stereocenters. The third kappa shape index (κ3) is 2.14. The molecule has 1 amide bonds. The van der Waals surface area contributed by atoms with Crippen LogP contribution < -0.4 is 0 Å². The lowest BCUT2D eigenvalue weighted by atomic mass is 10.1. The molecule has 0 saturated heterocycles. The van der Waals surface area contributed by atoms with Crippen LogP contribution in [0.4, 0.5) is 0 Å². The van der Waals surface area contributed by atoms with Gasteiger partial charge in [-0.3, -0.25) is 4.79 Å².